The van der Waals surface area contributed by atoms with Crippen LogP contribution in [0.4, 0.5) is 0 Å². The van der Waals surface area contributed by atoms with E-state index in [1.807, 2.05) is 0 Å². The molecule has 0 aliphatic heterocycles. The quantitative estimate of drug-likeness (QED) is 0.798. The summed E-state index contributed by atoms with van der Waals surface area (Å²) >= 11 is 0. The van der Waals surface area contributed by atoms with Gasteiger partial charge >= 0.3 is 0 Å². The second-order valence-electron chi connectivity index (χ2n) is 6.88. The predicted molar refractivity (Wildman–Crippen MR) is 76.8 cm³/mol. The van der Waals surface area contributed by atoms with Crippen molar-refractivity contribution in [1.82, 2.24) is 0 Å². The van der Waals surface area contributed by atoms with Crippen LogP contribution in [0.15, 0.2) is 42.0 Å². The number of hydrogen-bond donors (Lipinski definition) is 1. The van der Waals surface area contributed by atoms with E-state index in [-0.39, 0.29) is 6.61 Å². The first-order chi connectivity index (χ1) is 9.31. The van der Waals surface area contributed by atoms with E-state index in [1.165, 1.54) is 32.1 Å². The first-order valence-electron chi connectivity index (χ1n) is 7.67. The number of aliphatic hydroxyl groups is 1. The molecule has 19 heavy (non-hydrogen) atoms. The molecule has 5 rings (SSSR count). The lowest BCUT2D eigenvalue weighted by Gasteiger charge is -2.58. The molecular formula is C18H22O. The maximum absolute atomic E-state index is 9.26. The fourth-order valence-electron chi connectivity index (χ4n) is 5.41. The van der Waals surface area contributed by atoms with Gasteiger partial charge in [0.05, 0.1) is 6.61 Å². The Labute approximate surface area is 115 Å². The Hall–Kier alpha value is -1.08. The van der Waals surface area contributed by atoms with Crippen LogP contribution in [0.25, 0.3) is 0 Å². The fourth-order valence-corrected chi connectivity index (χ4v) is 5.41. The van der Waals surface area contributed by atoms with E-state index in [0.717, 1.165) is 17.8 Å². The van der Waals surface area contributed by atoms with Gasteiger partial charge in [0.1, 0.15) is 0 Å². The average Bonchev–Trinajstić information content (AvgIpc) is 2.43. The van der Waals surface area contributed by atoms with Gasteiger partial charge in [-0.15, -0.1) is 0 Å². The minimum Gasteiger partial charge on any atom is -0.392 e. The van der Waals surface area contributed by atoms with Gasteiger partial charge in [-0.3, -0.25) is 0 Å². The van der Waals surface area contributed by atoms with E-state index >= 15 is 0 Å². The molecule has 1 aromatic carbocycles. The van der Waals surface area contributed by atoms with E-state index in [1.54, 1.807) is 11.1 Å². The van der Waals surface area contributed by atoms with E-state index in [4.69, 9.17) is 0 Å². The highest BCUT2D eigenvalue weighted by Gasteiger charge is 2.53. The first-order valence-corrected chi connectivity index (χ1v) is 7.67. The Kier molecular flexibility index (Phi) is 2.60. The third kappa shape index (κ3) is 1.71. The molecule has 0 radical (unpaired) electrons. The van der Waals surface area contributed by atoms with Crippen LogP contribution in [-0.4, -0.2) is 11.7 Å². The van der Waals surface area contributed by atoms with Crippen molar-refractivity contribution in [2.24, 2.45) is 17.8 Å². The van der Waals surface area contributed by atoms with E-state index in [9.17, 15) is 5.11 Å². The molecule has 100 valence electrons. The summed E-state index contributed by atoms with van der Waals surface area (Å²) in [4.78, 5) is 0. The molecule has 0 spiro atoms. The molecule has 0 amide bonds. The van der Waals surface area contributed by atoms with Gasteiger partial charge in [0.15, 0.2) is 0 Å². The molecular weight excluding hydrogens is 232 g/mol. The zero-order valence-electron chi connectivity index (χ0n) is 11.4. The SMILES string of the molecule is OCC=C1[C@@H]2CC3C[C@H]1CC(c1ccccc1)(C3)C2. The van der Waals surface area contributed by atoms with Crippen molar-refractivity contribution in [3.05, 3.63) is 47.5 Å². The first kappa shape index (κ1) is 11.7. The summed E-state index contributed by atoms with van der Waals surface area (Å²) in [5.41, 5.74) is 3.60. The van der Waals surface area contributed by atoms with Gasteiger partial charge in [-0.2, -0.15) is 0 Å². The molecule has 4 fully saturated rings. The summed E-state index contributed by atoms with van der Waals surface area (Å²) in [5.74, 6) is 2.42. The highest BCUT2D eigenvalue weighted by molar-refractivity contribution is 5.34. The number of benzene rings is 1. The van der Waals surface area contributed by atoms with E-state index < -0.39 is 0 Å². The second kappa shape index (κ2) is 4.21. The molecule has 4 atom stereocenters. The third-order valence-corrected chi connectivity index (χ3v) is 5.85. The van der Waals surface area contributed by atoms with Crippen LogP contribution in [-0.2, 0) is 5.41 Å². The highest BCUT2D eigenvalue weighted by Crippen LogP contribution is 2.62. The molecule has 0 saturated heterocycles. The second-order valence-corrected chi connectivity index (χ2v) is 6.88. The third-order valence-electron chi connectivity index (χ3n) is 5.85. The molecule has 1 aromatic rings. The maximum atomic E-state index is 9.26. The molecule has 2 unspecified atom stereocenters. The fraction of sp³-hybridized carbons (Fsp3) is 0.556. The van der Waals surface area contributed by atoms with Gasteiger partial charge in [-0.1, -0.05) is 42.0 Å². The molecule has 1 N–H and O–H groups in total. The van der Waals surface area contributed by atoms with Crippen LogP contribution in [0.2, 0.25) is 0 Å². The van der Waals surface area contributed by atoms with E-state index in [0.29, 0.717) is 5.41 Å². The molecule has 4 saturated carbocycles. The summed E-state index contributed by atoms with van der Waals surface area (Å²) in [6.45, 7) is 0.228. The Balaban J connectivity index is 1.73. The number of allylic oxidation sites excluding steroid dienone is 1. The van der Waals surface area contributed by atoms with Crippen molar-refractivity contribution >= 4 is 0 Å². The Morgan fingerprint density at radius 1 is 1.05 bits per heavy atom. The Morgan fingerprint density at radius 3 is 2.37 bits per heavy atom. The lowest BCUT2D eigenvalue weighted by Crippen LogP contribution is -2.49. The molecule has 4 aliphatic rings. The van der Waals surface area contributed by atoms with Crippen LogP contribution < -0.4 is 0 Å². The summed E-state index contributed by atoms with van der Waals surface area (Å²) < 4.78 is 0. The number of hydrogen-bond acceptors (Lipinski definition) is 1. The summed E-state index contributed by atoms with van der Waals surface area (Å²) in [6, 6.07) is 11.2. The van der Waals surface area contributed by atoms with Crippen LogP contribution in [0, 0.1) is 17.8 Å². The van der Waals surface area contributed by atoms with Gasteiger partial charge in [-0.25, -0.2) is 0 Å². The van der Waals surface area contributed by atoms with Crippen molar-refractivity contribution in [1.29, 1.82) is 0 Å². The average molecular weight is 254 g/mol. The molecule has 1 nitrogen and oxygen atoms in total. The Morgan fingerprint density at radius 2 is 1.74 bits per heavy atom. The van der Waals surface area contributed by atoms with Crippen molar-refractivity contribution < 1.29 is 5.11 Å². The highest BCUT2D eigenvalue weighted by atomic mass is 16.2. The molecule has 1 heteroatoms. The zero-order chi connectivity index (χ0) is 12.9. The number of aliphatic hydroxyl groups excluding tert-OH is 1. The van der Waals surface area contributed by atoms with Crippen molar-refractivity contribution in [2.45, 2.75) is 37.5 Å². The minimum absolute atomic E-state index is 0.228. The van der Waals surface area contributed by atoms with Crippen LogP contribution in [0.5, 0.6) is 0 Å². The summed E-state index contributed by atoms with van der Waals surface area (Å²) in [7, 11) is 0. The van der Waals surface area contributed by atoms with Gasteiger partial charge in [0, 0.05) is 0 Å². The van der Waals surface area contributed by atoms with Gasteiger partial charge in [-0.05, 0) is 60.8 Å². The topological polar surface area (TPSA) is 20.2 Å². The monoisotopic (exact) mass is 254 g/mol. The predicted octanol–water partition coefficient (Wildman–Crippen LogP) is 3.68. The van der Waals surface area contributed by atoms with Crippen LogP contribution in [0.3, 0.4) is 0 Å². The minimum atomic E-state index is 0.228. The molecule has 4 bridgehead atoms. The van der Waals surface area contributed by atoms with Crippen LogP contribution >= 0.6 is 0 Å². The lowest BCUT2D eigenvalue weighted by atomic mass is 9.46. The summed E-state index contributed by atoms with van der Waals surface area (Å²) in [6.07, 6.45) is 8.89. The van der Waals surface area contributed by atoms with Gasteiger partial charge in [0.25, 0.3) is 0 Å². The summed E-state index contributed by atoms with van der Waals surface area (Å²) in [5, 5.41) is 9.26. The largest absolute Gasteiger partial charge is 0.392 e. The number of rotatable bonds is 2. The Bertz CT molecular complexity index is 484. The normalized spacial score (nSPS) is 41.9. The molecule has 4 aliphatic carbocycles. The smallest absolute Gasteiger partial charge is 0.0615 e. The molecule has 0 heterocycles. The van der Waals surface area contributed by atoms with Gasteiger partial charge < -0.3 is 5.11 Å². The van der Waals surface area contributed by atoms with Crippen LogP contribution in [0.1, 0.15) is 37.7 Å². The van der Waals surface area contributed by atoms with Crippen molar-refractivity contribution in [3.8, 4) is 0 Å². The lowest BCUT2D eigenvalue weighted by molar-refractivity contribution is 0.0394. The molecule has 0 aromatic heterocycles. The van der Waals surface area contributed by atoms with E-state index in [2.05, 4.69) is 36.4 Å². The van der Waals surface area contributed by atoms with Gasteiger partial charge in [0.2, 0.25) is 0 Å². The standard InChI is InChI=1S/C18H22O/c19-7-6-17-14-8-13-9-15(17)12-18(10-13,11-14)16-4-2-1-3-5-16/h1-6,13-15,19H,7-12H2/t13?,14-,15+,18?. The van der Waals surface area contributed by atoms with Crippen molar-refractivity contribution in [2.75, 3.05) is 6.61 Å². The zero-order valence-corrected chi connectivity index (χ0v) is 11.4. The maximum Gasteiger partial charge on any atom is 0.0615 e. The van der Waals surface area contributed by atoms with Crippen molar-refractivity contribution in [3.63, 3.8) is 0 Å².